The molecule has 2 aromatic carbocycles. The molecule has 180 valence electrons. The van der Waals surface area contributed by atoms with Crippen LogP contribution in [0, 0.1) is 0 Å². The van der Waals surface area contributed by atoms with Crippen molar-refractivity contribution in [1.29, 1.82) is 0 Å². The molecule has 0 aliphatic carbocycles. The van der Waals surface area contributed by atoms with E-state index >= 15 is 0 Å². The number of nitrogens with zero attached hydrogens (tertiary/aromatic N) is 1. The zero-order chi connectivity index (χ0) is 24.1. The molecule has 2 N–H and O–H groups in total. The smallest absolute Gasteiger partial charge is 0.243 e. The van der Waals surface area contributed by atoms with Gasteiger partial charge in [0, 0.05) is 19.6 Å². The molecule has 1 saturated heterocycles. The molecular formula is C22H29N3O6S2. The number of ether oxygens (including phenoxy) is 1. The Bertz CT molecular complexity index is 1160. The topological polar surface area (TPSA) is 122 Å². The van der Waals surface area contributed by atoms with Crippen LogP contribution in [0.3, 0.4) is 0 Å². The second-order valence-electron chi connectivity index (χ2n) is 7.85. The van der Waals surface area contributed by atoms with Crippen molar-refractivity contribution in [3.05, 3.63) is 54.1 Å². The van der Waals surface area contributed by atoms with Gasteiger partial charge in [0.25, 0.3) is 0 Å². The molecule has 2 aromatic rings. The van der Waals surface area contributed by atoms with Gasteiger partial charge in [-0.2, -0.15) is 9.03 Å². The number of hydrogen-bond acceptors (Lipinski definition) is 6. The van der Waals surface area contributed by atoms with Crippen LogP contribution < -0.4 is 14.8 Å². The van der Waals surface area contributed by atoms with Gasteiger partial charge in [-0.1, -0.05) is 18.6 Å². The fourth-order valence-electron chi connectivity index (χ4n) is 3.49. The molecule has 3 rings (SSSR count). The number of carbonyl (C=O) groups is 1. The van der Waals surface area contributed by atoms with Crippen molar-refractivity contribution in [3.8, 4) is 5.75 Å². The molecule has 1 atom stereocenters. The van der Waals surface area contributed by atoms with Crippen molar-refractivity contribution >= 4 is 26.0 Å². The third-order valence-corrected chi connectivity index (χ3v) is 8.91. The summed E-state index contributed by atoms with van der Waals surface area (Å²) in [7, 11) is -5.91. The van der Waals surface area contributed by atoms with Gasteiger partial charge < -0.3 is 10.1 Å². The molecule has 1 amide bonds. The Balaban J connectivity index is 1.56. The van der Waals surface area contributed by atoms with E-state index in [9.17, 15) is 21.6 Å². The summed E-state index contributed by atoms with van der Waals surface area (Å²) in [5.41, 5.74) is 0.700. The second kappa shape index (κ2) is 10.6. The molecule has 0 unspecified atom stereocenters. The highest BCUT2D eigenvalue weighted by atomic mass is 32.2. The Labute approximate surface area is 195 Å². The Hall–Kier alpha value is -2.47. The quantitative estimate of drug-likeness (QED) is 0.548. The summed E-state index contributed by atoms with van der Waals surface area (Å²) in [5.74, 6) is 0.0200. The zero-order valence-electron chi connectivity index (χ0n) is 18.7. The summed E-state index contributed by atoms with van der Waals surface area (Å²) >= 11 is 0. The van der Waals surface area contributed by atoms with Crippen molar-refractivity contribution in [1.82, 2.24) is 14.3 Å². The van der Waals surface area contributed by atoms with Crippen LogP contribution in [0.1, 0.15) is 31.7 Å². The largest absolute Gasteiger partial charge is 0.497 e. The van der Waals surface area contributed by atoms with Crippen molar-refractivity contribution in [2.75, 3.05) is 20.2 Å². The molecule has 0 saturated carbocycles. The van der Waals surface area contributed by atoms with E-state index in [4.69, 9.17) is 4.74 Å². The molecule has 0 spiro atoms. The molecule has 1 aliphatic rings. The van der Waals surface area contributed by atoms with Crippen molar-refractivity contribution in [2.45, 2.75) is 48.6 Å². The van der Waals surface area contributed by atoms with E-state index in [0.29, 0.717) is 24.4 Å². The van der Waals surface area contributed by atoms with E-state index < -0.39 is 32.0 Å². The molecule has 1 heterocycles. The number of carbonyl (C=O) groups excluding carboxylic acids is 1. The second-order valence-corrected chi connectivity index (χ2v) is 11.5. The Morgan fingerprint density at radius 2 is 1.52 bits per heavy atom. The lowest BCUT2D eigenvalue weighted by Gasteiger charge is -2.25. The number of benzene rings is 2. The Morgan fingerprint density at radius 1 is 0.939 bits per heavy atom. The lowest BCUT2D eigenvalue weighted by atomic mass is 10.2. The number of sulfonamides is 2. The number of nitrogens with one attached hydrogen (secondary N) is 2. The van der Waals surface area contributed by atoms with Crippen LogP contribution in [0.15, 0.2) is 58.3 Å². The van der Waals surface area contributed by atoms with E-state index in [1.807, 2.05) is 0 Å². The van der Waals surface area contributed by atoms with E-state index in [1.54, 1.807) is 12.1 Å². The summed E-state index contributed by atoms with van der Waals surface area (Å²) in [6.07, 6.45) is 2.77. The molecule has 33 heavy (non-hydrogen) atoms. The number of methoxy groups -OCH3 is 1. The minimum Gasteiger partial charge on any atom is -0.497 e. The van der Waals surface area contributed by atoms with Gasteiger partial charge in [0.2, 0.25) is 26.0 Å². The molecule has 0 aromatic heterocycles. The molecule has 9 nitrogen and oxygen atoms in total. The van der Waals surface area contributed by atoms with Gasteiger partial charge in [-0.15, -0.1) is 0 Å². The summed E-state index contributed by atoms with van der Waals surface area (Å²) in [4.78, 5) is 12.6. The molecule has 11 heteroatoms. The normalized spacial score (nSPS) is 16.2. The van der Waals surface area contributed by atoms with E-state index in [2.05, 4.69) is 10.0 Å². The Morgan fingerprint density at radius 3 is 2.09 bits per heavy atom. The molecule has 0 bridgehead atoms. The lowest BCUT2D eigenvalue weighted by Crippen LogP contribution is -2.44. The fraction of sp³-hybridized carbons (Fsp3) is 0.409. The predicted molar refractivity (Wildman–Crippen MR) is 124 cm³/mol. The van der Waals surface area contributed by atoms with Gasteiger partial charge >= 0.3 is 0 Å². The first kappa shape index (κ1) is 25.2. The van der Waals surface area contributed by atoms with Crippen molar-refractivity contribution in [3.63, 3.8) is 0 Å². The number of rotatable bonds is 9. The zero-order valence-corrected chi connectivity index (χ0v) is 20.3. The molecular weight excluding hydrogens is 466 g/mol. The van der Waals surface area contributed by atoms with Gasteiger partial charge in [0.05, 0.1) is 22.9 Å². The van der Waals surface area contributed by atoms with E-state index in [0.717, 1.165) is 19.3 Å². The van der Waals surface area contributed by atoms with Crippen LogP contribution in [0.5, 0.6) is 5.75 Å². The number of piperidine rings is 1. The first-order valence-corrected chi connectivity index (χ1v) is 13.6. The maximum atomic E-state index is 12.7. The fourth-order valence-corrected chi connectivity index (χ4v) is 6.21. The van der Waals surface area contributed by atoms with Gasteiger partial charge in [0.1, 0.15) is 5.75 Å². The summed E-state index contributed by atoms with van der Waals surface area (Å²) < 4.78 is 59.3. The highest BCUT2D eigenvalue weighted by Crippen LogP contribution is 2.21. The first-order chi connectivity index (χ1) is 15.6. The first-order valence-electron chi connectivity index (χ1n) is 10.7. The highest BCUT2D eigenvalue weighted by molar-refractivity contribution is 7.89. The summed E-state index contributed by atoms with van der Waals surface area (Å²) in [6.45, 7) is 2.65. The van der Waals surface area contributed by atoms with Crippen LogP contribution in [0.4, 0.5) is 0 Å². The lowest BCUT2D eigenvalue weighted by molar-refractivity contribution is -0.122. The third kappa shape index (κ3) is 6.32. The molecule has 1 aliphatic heterocycles. The van der Waals surface area contributed by atoms with Crippen LogP contribution in [-0.2, 0) is 31.4 Å². The minimum atomic E-state index is -3.88. The average Bonchev–Trinajstić information content (AvgIpc) is 2.83. The van der Waals surface area contributed by atoms with Crippen molar-refractivity contribution < 1.29 is 26.4 Å². The van der Waals surface area contributed by atoms with E-state index in [1.165, 1.54) is 54.7 Å². The highest BCUT2D eigenvalue weighted by Gasteiger charge is 2.26. The molecule has 0 radical (unpaired) electrons. The number of amides is 1. The minimum absolute atomic E-state index is 0.0217. The standard InChI is InChI=1S/C22H29N3O6S2/c1-17(24-32(27,28)20-12-8-19(31-2)9-13-20)22(26)23-16-18-6-10-21(11-7-18)33(29,30)25-14-4-3-5-15-25/h6-13,17,24H,3-5,14-16H2,1-2H3,(H,23,26)/t17-/m0/s1. The van der Waals surface area contributed by atoms with Crippen LogP contribution in [0.25, 0.3) is 0 Å². The average molecular weight is 496 g/mol. The maximum Gasteiger partial charge on any atom is 0.243 e. The van der Waals surface area contributed by atoms with Crippen molar-refractivity contribution in [2.24, 2.45) is 0 Å². The van der Waals surface area contributed by atoms with Crippen LogP contribution in [-0.4, -0.2) is 53.3 Å². The third-order valence-electron chi connectivity index (χ3n) is 5.44. The van der Waals surface area contributed by atoms with Crippen LogP contribution in [0.2, 0.25) is 0 Å². The SMILES string of the molecule is COc1ccc(S(=O)(=O)N[C@@H](C)C(=O)NCc2ccc(S(=O)(=O)N3CCCCC3)cc2)cc1. The van der Waals surface area contributed by atoms with E-state index in [-0.39, 0.29) is 16.3 Å². The molecule has 1 fully saturated rings. The van der Waals surface area contributed by atoms with Crippen LogP contribution >= 0.6 is 0 Å². The Kier molecular flexibility index (Phi) is 8.11. The van der Waals surface area contributed by atoms with Gasteiger partial charge in [-0.3, -0.25) is 4.79 Å². The van der Waals surface area contributed by atoms with Gasteiger partial charge in [-0.25, -0.2) is 16.8 Å². The van der Waals surface area contributed by atoms with Gasteiger partial charge in [-0.05, 0) is 61.7 Å². The number of hydrogen-bond donors (Lipinski definition) is 2. The monoisotopic (exact) mass is 495 g/mol. The van der Waals surface area contributed by atoms with Gasteiger partial charge in [0.15, 0.2) is 0 Å². The maximum absolute atomic E-state index is 12.7. The summed E-state index contributed by atoms with van der Waals surface area (Å²) in [6, 6.07) is 11.2. The predicted octanol–water partition coefficient (Wildman–Crippen LogP) is 1.85. The summed E-state index contributed by atoms with van der Waals surface area (Å²) in [5, 5.41) is 2.67.